The maximum Gasteiger partial charge on any atom is 0.410 e. The summed E-state index contributed by atoms with van der Waals surface area (Å²) in [6.07, 6.45) is -1.02. The molecule has 1 N–H and O–H groups in total. The molecule has 4 nitrogen and oxygen atoms in total. The Balaban J connectivity index is 1.99. The van der Waals surface area contributed by atoms with Crippen molar-refractivity contribution in [3.8, 4) is 0 Å². The smallest absolute Gasteiger partial charge is 0.410 e. The lowest BCUT2D eigenvalue weighted by atomic mass is 9.86. The van der Waals surface area contributed by atoms with E-state index in [2.05, 4.69) is 5.32 Å². The van der Waals surface area contributed by atoms with Crippen LogP contribution in [0, 0.1) is 0 Å². The third-order valence-corrected chi connectivity index (χ3v) is 4.27. The van der Waals surface area contributed by atoms with Gasteiger partial charge in [-0.1, -0.05) is 30.3 Å². The van der Waals surface area contributed by atoms with Crippen molar-refractivity contribution >= 4 is 6.09 Å². The van der Waals surface area contributed by atoms with Gasteiger partial charge in [0.2, 0.25) is 0 Å². The number of likely N-dealkylation sites (tertiary alicyclic amines) is 1. The van der Waals surface area contributed by atoms with Crippen LogP contribution in [0.1, 0.15) is 46.6 Å². The van der Waals surface area contributed by atoms with Crippen LogP contribution in [0.2, 0.25) is 0 Å². The Morgan fingerprint density at radius 1 is 1.33 bits per heavy atom. The normalized spacial score (nSPS) is 23.8. The average Bonchev–Trinajstić information content (AvgIpc) is 2.46. The summed E-state index contributed by atoms with van der Waals surface area (Å²) in [6, 6.07) is 9.66. The van der Waals surface area contributed by atoms with Gasteiger partial charge in [-0.15, -0.1) is 0 Å². The molecule has 1 aliphatic heterocycles. The molecular weight excluding hydrogens is 307 g/mol. The molecule has 1 amide bonds. The SMILES string of the molecule is CC(C)(C)OC(=O)N1C[C@@H](F)[C@H](NCc2ccccc2)CC1(C)C. The number of nitrogens with one attached hydrogen (secondary N) is 1. The van der Waals surface area contributed by atoms with E-state index in [-0.39, 0.29) is 12.6 Å². The number of nitrogens with zero attached hydrogens (tertiary/aromatic N) is 1. The van der Waals surface area contributed by atoms with Crippen LogP contribution in [-0.2, 0) is 11.3 Å². The van der Waals surface area contributed by atoms with Crippen molar-refractivity contribution in [3.05, 3.63) is 35.9 Å². The van der Waals surface area contributed by atoms with E-state index in [9.17, 15) is 9.18 Å². The molecule has 1 saturated heterocycles. The molecular formula is C19H29FN2O2. The van der Waals surface area contributed by atoms with Crippen molar-refractivity contribution in [2.75, 3.05) is 6.54 Å². The third-order valence-electron chi connectivity index (χ3n) is 4.27. The predicted molar refractivity (Wildman–Crippen MR) is 93.6 cm³/mol. The lowest BCUT2D eigenvalue weighted by molar-refractivity contribution is -0.0288. The van der Waals surface area contributed by atoms with E-state index < -0.39 is 23.4 Å². The van der Waals surface area contributed by atoms with Crippen LogP contribution >= 0.6 is 0 Å². The van der Waals surface area contributed by atoms with Crippen LogP contribution in [0.3, 0.4) is 0 Å². The second kappa shape index (κ2) is 7.09. The van der Waals surface area contributed by atoms with Crippen molar-refractivity contribution < 1.29 is 13.9 Å². The van der Waals surface area contributed by atoms with Gasteiger partial charge in [-0.05, 0) is 46.6 Å². The minimum absolute atomic E-state index is 0.0500. The topological polar surface area (TPSA) is 41.6 Å². The van der Waals surface area contributed by atoms with Crippen molar-refractivity contribution in [1.29, 1.82) is 0 Å². The molecule has 0 aromatic heterocycles. The molecule has 1 aliphatic rings. The predicted octanol–water partition coefficient (Wildman–Crippen LogP) is 3.90. The zero-order valence-corrected chi connectivity index (χ0v) is 15.3. The fourth-order valence-corrected chi connectivity index (χ4v) is 3.01. The number of rotatable bonds is 3. The molecule has 0 spiro atoms. The fraction of sp³-hybridized carbons (Fsp3) is 0.632. The van der Waals surface area contributed by atoms with E-state index in [1.807, 2.05) is 65.0 Å². The zero-order valence-electron chi connectivity index (χ0n) is 15.3. The largest absolute Gasteiger partial charge is 0.444 e. The highest BCUT2D eigenvalue weighted by Gasteiger charge is 2.44. The number of benzene rings is 1. The Labute approximate surface area is 144 Å². The van der Waals surface area contributed by atoms with E-state index in [1.54, 1.807) is 0 Å². The Hall–Kier alpha value is -1.62. The lowest BCUT2D eigenvalue weighted by Crippen LogP contribution is -2.62. The molecule has 0 unspecified atom stereocenters. The molecule has 1 heterocycles. The molecule has 0 radical (unpaired) electrons. The van der Waals surface area contributed by atoms with Crippen molar-refractivity contribution in [2.45, 2.75) is 70.9 Å². The van der Waals surface area contributed by atoms with Gasteiger partial charge in [-0.25, -0.2) is 9.18 Å². The molecule has 134 valence electrons. The quantitative estimate of drug-likeness (QED) is 0.910. The van der Waals surface area contributed by atoms with Crippen LogP contribution in [0.4, 0.5) is 9.18 Å². The molecule has 2 atom stereocenters. The number of halogens is 1. The van der Waals surface area contributed by atoms with Crippen molar-refractivity contribution in [3.63, 3.8) is 0 Å². The number of alkyl halides is 1. The fourth-order valence-electron chi connectivity index (χ4n) is 3.01. The maximum absolute atomic E-state index is 14.6. The minimum atomic E-state index is -1.12. The summed E-state index contributed by atoms with van der Waals surface area (Å²) >= 11 is 0. The first-order chi connectivity index (χ1) is 11.1. The van der Waals surface area contributed by atoms with Gasteiger partial charge in [0.05, 0.1) is 6.54 Å². The van der Waals surface area contributed by atoms with Gasteiger partial charge in [0.25, 0.3) is 0 Å². The Bertz CT molecular complexity index is 554. The summed E-state index contributed by atoms with van der Waals surface area (Å²) in [6.45, 7) is 10.0. The molecule has 1 fully saturated rings. The monoisotopic (exact) mass is 336 g/mol. The first-order valence-corrected chi connectivity index (χ1v) is 8.50. The summed E-state index contributed by atoms with van der Waals surface area (Å²) in [4.78, 5) is 13.9. The van der Waals surface area contributed by atoms with E-state index >= 15 is 0 Å². The highest BCUT2D eigenvalue weighted by atomic mass is 19.1. The third kappa shape index (κ3) is 4.94. The zero-order chi connectivity index (χ0) is 18.0. The van der Waals surface area contributed by atoms with Crippen molar-refractivity contribution in [1.82, 2.24) is 10.2 Å². The highest BCUT2D eigenvalue weighted by molar-refractivity contribution is 5.69. The number of carbonyl (C=O) groups excluding carboxylic acids is 1. The molecule has 1 aromatic carbocycles. The van der Waals surface area contributed by atoms with Crippen LogP contribution in [0.5, 0.6) is 0 Å². The summed E-state index contributed by atoms with van der Waals surface area (Å²) in [7, 11) is 0. The van der Waals surface area contributed by atoms with Gasteiger partial charge in [0.1, 0.15) is 11.8 Å². The Morgan fingerprint density at radius 3 is 2.54 bits per heavy atom. The first kappa shape index (κ1) is 18.7. The van der Waals surface area contributed by atoms with Gasteiger partial charge in [0, 0.05) is 18.1 Å². The van der Waals surface area contributed by atoms with E-state index in [4.69, 9.17) is 4.74 Å². The number of carbonyl (C=O) groups is 1. The van der Waals surface area contributed by atoms with Crippen LogP contribution < -0.4 is 5.32 Å². The molecule has 0 bridgehead atoms. The van der Waals surface area contributed by atoms with Gasteiger partial charge in [-0.2, -0.15) is 0 Å². The standard InChI is InChI=1S/C19H29FN2O2/c1-18(2,3)24-17(23)22-13-15(20)16(11-19(22,4)5)21-12-14-9-7-6-8-10-14/h6-10,15-16,21H,11-13H2,1-5H3/t15-,16-/m1/s1. The summed E-state index contributed by atoms with van der Waals surface area (Å²) < 4.78 is 20.1. The summed E-state index contributed by atoms with van der Waals surface area (Å²) in [5, 5.41) is 3.30. The number of amides is 1. The van der Waals surface area contributed by atoms with Crippen molar-refractivity contribution in [2.24, 2.45) is 0 Å². The maximum atomic E-state index is 14.6. The molecule has 1 aromatic rings. The molecule has 2 rings (SSSR count). The minimum Gasteiger partial charge on any atom is -0.444 e. The van der Waals surface area contributed by atoms with Gasteiger partial charge < -0.3 is 15.0 Å². The average molecular weight is 336 g/mol. The second-order valence-electron chi connectivity index (χ2n) is 8.10. The van der Waals surface area contributed by atoms with E-state index in [0.717, 1.165) is 5.56 Å². The van der Waals surface area contributed by atoms with Crippen LogP contribution in [0.15, 0.2) is 30.3 Å². The van der Waals surface area contributed by atoms with E-state index in [0.29, 0.717) is 13.0 Å². The van der Waals surface area contributed by atoms with Crippen LogP contribution in [-0.4, -0.2) is 40.9 Å². The van der Waals surface area contributed by atoms with E-state index in [1.165, 1.54) is 4.90 Å². The summed E-state index contributed by atoms with van der Waals surface area (Å²) in [5.41, 5.74) is 0.0813. The number of piperidine rings is 1. The molecule has 0 saturated carbocycles. The van der Waals surface area contributed by atoms with Crippen LogP contribution in [0.25, 0.3) is 0 Å². The summed E-state index contributed by atoms with van der Waals surface area (Å²) in [5.74, 6) is 0. The highest BCUT2D eigenvalue weighted by Crippen LogP contribution is 2.31. The second-order valence-corrected chi connectivity index (χ2v) is 8.10. The number of ether oxygens (including phenoxy) is 1. The van der Waals surface area contributed by atoms with Gasteiger partial charge >= 0.3 is 6.09 Å². The van der Waals surface area contributed by atoms with Gasteiger partial charge in [-0.3, -0.25) is 0 Å². The Morgan fingerprint density at radius 2 is 1.96 bits per heavy atom. The molecule has 24 heavy (non-hydrogen) atoms. The molecule has 0 aliphatic carbocycles. The Kier molecular flexibility index (Phi) is 5.53. The molecule has 5 heteroatoms. The lowest BCUT2D eigenvalue weighted by Gasteiger charge is -2.47. The number of hydrogen-bond acceptors (Lipinski definition) is 3. The van der Waals surface area contributed by atoms with Gasteiger partial charge in [0.15, 0.2) is 0 Å². The first-order valence-electron chi connectivity index (χ1n) is 8.50. The number of hydrogen-bond donors (Lipinski definition) is 1.